The topological polar surface area (TPSA) is 131 Å². The van der Waals surface area contributed by atoms with Crippen LogP contribution in [0.3, 0.4) is 0 Å². The molecule has 4 N–H and O–H groups in total. The van der Waals surface area contributed by atoms with E-state index in [1.807, 2.05) is 0 Å². The van der Waals surface area contributed by atoms with Crippen molar-refractivity contribution in [2.75, 3.05) is 16.9 Å². The lowest BCUT2D eigenvalue weighted by atomic mass is 10.1. The SMILES string of the molecule is CCC1C(=O)NC(=O)CN1c1cccc(NN)c1[N+](=O)[O-]. The standard InChI is InChI=1S/C12H15N5O4/c1-2-8-12(19)14-10(18)6-16(8)9-5-3-4-7(15-13)11(9)17(20)21/h3-5,8,15H,2,6,13H2,1H3,(H,14,18,19). The fourth-order valence-electron chi connectivity index (χ4n) is 2.40. The van der Waals surface area contributed by atoms with Gasteiger partial charge in [0.2, 0.25) is 11.8 Å². The molecule has 2 rings (SSSR count). The number of hydrogen-bond donors (Lipinski definition) is 3. The number of amides is 2. The van der Waals surface area contributed by atoms with Gasteiger partial charge in [0, 0.05) is 0 Å². The minimum Gasteiger partial charge on any atom is -0.345 e. The van der Waals surface area contributed by atoms with Crippen LogP contribution in [-0.2, 0) is 9.59 Å². The van der Waals surface area contributed by atoms with Gasteiger partial charge in [0.1, 0.15) is 17.4 Å². The Hall–Kier alpha value is -2.68. The molecule has 21 heavy (non-hydrogen) atoms. The molecule has 0 aromatic heterocycles. The molecule has 1 aliphatic heterocycles. The lowest BCUT2D eigenvalue weighted by Gasteiger charge is -2.34. The van der Waals surface area contributed by atoms with Crippen LogP contribution in [0.5, 0.6) is 0 Å². The van der Waals surface area contributed by atoms with Crippen molar-refractivity contribution in [1.82, 2.24) is 5.32 Å². The number of nitro groups is 1. The smallest absolute Gasteiger partial charge is 0.316 e. The summed E-state index contributed by atoms with van der Waals surface area (Å²) in [6.07, 6.45) is 0.413. The first-order chi connectivity index (χ1) is 9.99. The number of benzene rings is 1. The summed E-state index contributed by atoms with van der Waals surface area (Å²) in [7, 11) is 0. The molecule has 0 bridgehead atoms. The van der Waals surface area contributed by atoms with E-state index < -0.39 is 22.8 Å². The molecular formula is C12H15N5O4. The molecule has 2 amide bonds. The fraction of sp³-hybridized carbons (Fsp3) is 0.333. The first kappa shape index (κ1) is 14.7. The van der Waals surface area contributed by atoms with Gasteiger partial charge in [0.15, 0.2) is 0 Å². The van der Waals surface area contributed by atoms with Gasteiger partial charge in [0.25, 0.3) is 0 Å². The number of para-hydroxylation sites is 1. The van der Waals surface area contributed by atoms with Crippen molar-refractivity contribution in [3.05, 3.63) is 28.3 Å². The minimum absolute atomic E-state index is 0.116. The Balaban J connectivity index is 2.55. The highest BCUT2D eigenvalue weighted by atomic mass is 16.6. The van der Waals surface area contributed by atoms with E-state index in [0.717, 1.165) is 0 Å². The fourth-order valence-corrected chi connectivity index (χ4v) is 2.40. The van der Waals surface area contributed by atoms with Gasteiger partial charge in [0.05, 0.1) is 11.5 Å². The Labute approximate surface area is 120 Å². The number of carbonyl (C=O) groups excluding carboxylic acids is 2. The molecule has 1 saturated heterocycles. The summed E-state index contributed by atoms with van der Waals surface area (Å²) < 4.78 is 0. The second kappa shape index (κ2) is 5.75. The van der Waals surface area contributed by atoms with Crippen LogP contribution in [0.2, 0.25) is 0 Å². The number of nitrogens with zero attached hydrogens (tertiary/aromatic N) is 2. The van der Waals surface area contributed by atoms with Gasteiger partial charge in [-0.3, -0.25) is 30.9 Å². The molecule has 9 nitrogen and oxygen atoms in total. The largest absolute Gasteiger partial charge is 0.345 e. The van der Waals surface area contributed by atoms with Crippen molar-refractivity contribution in [2.24, 2.45) is 5.84 Å². The third kappa shape index (κ3) is 2.63. The number of nitrogen functional groups attached to an aromatic ring is 1. The van der Waals surface area contributed by atoms with E-state index in [4.69, 9.17) is 5.84 Å². The Morgan fingerprint density at radius 3 is 2.81 bits per heavy atom. The maximum Gasteiger partial charge on any atom is 0.316 e. The molecular weight excluding hydrogens is 278 g/mol. The molecule has 1 unspecified atom stereocenters. The van der Waals surface area contributed by atoms with Crippen molar-refractivity contribution in [2.45, 2.75) is 19.4 Å². The molecule has 1 aromatic rings. The average Bonchev–Trinajstić information content (AvgIpc) is 2.45. The van der Waals surface area contributed by atoms with E-state index in [2.05, 4.69) is 10.7 Å². The van der Waals surface area contributed by atoms with Crippen molar-refractivity contribution in [1.29, 1.82) is 0 Å². The normalized spacial score (nSPS) is 18.4. The van der Waals surface area contributed by atoms with Gasteiger partial charge in [-0.1, -0.05) is 13.0 Å². The zero-order valence-corrected chi connectivity index (χ0v) is 11.3. The third-order valence-electron chi connectivity index (χ3n) is 3.30. The number of nitrogens with one attached hydrogen (secondary N) is 2. The predicted octanol–water partition coefficient (Wildman–Crippen LogP) is 0.122. The van der Waals surface area contributed by atoms with E-state index >= 15 is 0 Å². The molecule has 0 spiro atoms. The number of nitrogens with two attached hydrogens (primary N) is 1. The van der Waals surface area contributed by atoms with Crippen LogP contribution in [-0.4, -0.2) is 29.3 Å². The summed E-state index contributed by atoms with van der Waals surface area (Å²) in [6, 6.07) is 3.87. The number of hydrogen-bond acceptors (Lipinski definition) is 7. The molecule has 0 radical (unpaired) electrons. The highest BCUT2D eigenvalue weighted by Gasteiger charge is 2.36. The van der Waals surface area contributed by atoms with E-state index in [-0.39, 0.29) is 23.6 Å². The summed E-state index contributed by atoms with van der Waals surface area (Å²) in [6.45, 7) is 1.64. The van der Waals surface area contributed by atoms with Crippen LogP contribution in [0.25, 0.3) is 0 Å². The highest BCUT2D eigenvalue weighted by Crippen LogP contribution is 2.36. The van der Waals surface area contributed by atoms with Gasteiger partial charge in [-0.2, -0.15) is 0 Å². The second-order valence-corrected chi connectivity index (χ2v) is 4.54. The van der Waals surface area contributed by atoms with E-state index in [0.29, 0.717) is 6.42 Å². The van der Waals surface area contributed by atoms with Gasteiger partial charge in [-0.15, -0.1) is 0 Å². The summed E-state index contributed by atoms with van der Waals surface area (Å²) in [5.41, 5.74) is 2.30. The lowest BCUT2D eigenvalue weighted by molar-refractivity contribution is -0.383. The highest BCUT2D eigenvalue weighted by molar-refractivity contribution is 6.05. The quantitative estimate of drug-likeness (QED) is 0.311. The first-order valence-corrected chi connectivity index (χ1v) is 6.34. The van der Waals surface area contributed by atoms with E-state index in [1.165, 1.54) is 17.0 Å². The maximum absolute atomic E-state index is 11.9. The van der Waals surface area contributed by atoms with Gasteiger partial charge >= 0.3 is 5.69 Å². The molecule has 112 valence electrons. The summed E-state index contributed by atoms with van der Waals surface area (Å²) in [5.74, 6) is 4.33. The lowest BCUT2D eigenvalue weighted by Crippen LogP contribution is -2.58. The minimum atomic E-state index is -0.644. The van der Waals surface area contributed by atoms with Crippen LogP contribution in [0.1, 0.15) is 13.3 Å². The molecule has 0 saturated carbocycles. The molecule has 1 heterocycles. The monoisotopic (exact) mass is 293 g/mol. The van der Waals surface area contributed by atoms with E-state index in [1.54, 1.807) is 13.0 Å². The number of nitro benzene ring substituents is 1. The van der Waals surface area contributed by atoms with Gasteiger partial charge in [-0.05, 0) is 18.6 Å². The number of piperazine rings is 1. The Kier molecular flexibility index (Phi) is 4.03. The molecule has 1 aliphatic rings. The predicted molar refractivity (Wildman–Crippen MR) is 75.5 cm³/mol. The Morgan fingerprint density at radius 1 is 1.52 bits per heavy atom. The summed E-state index contributed by atoms with van der Waals surface area (Å²) >= 11 is 0. The number of anilines is 2. The van der Waals surface area contributed by atoms with Crippen LogP contribution >= 0.6 is 0 Å². The van der Waals surface area contributed by atoms with Crippen LogP contribution in [0.4, 0.5) is 17.1 Å². The van der Waals surface area contributed by atoms with Crippen LogP contribution in [0, 0.1) is 10.1 Å². The second-order valence-electron chi connectivity index (χ2n) is 4.54. The van der Waals surface area contributed by atoms with Crippen molar-refractivity contribution in [3.8, 4) is 0 Å². The maximum atomic E-state index is 11.9. The van der Waals surface area contributed by atoms with Crippen molar-refractivity contribution >= 4 is 28.9 Å². The Morgan fingerprint density at radius 2 is 2.24 bits per heavy atom. The van der Waals surface area contributed by atoms with Crippen LogP contribution < -0.4 is 21.5 Å². The molecule has 1 atom stereocenters. The summed E-state index contributed by atoms with van der Waals surface area (Å²) in [4.78, 5) is 35.6. The third-order valence-corrected chi connectivity index (χ3v) is 3.30. The number of carbonyl (C=O) groups is 2. The van der Waals surface area contributed by atoms with Crippen molar-refractivity contribution < 1.29 is 14.5 Å². The number of hydrazine groups is 1. The van der Waals surface area contributed by atoms with Gasteiger partial charge < -0.3 is 10.3 Å². The Bertz CT molecular complexity index is 603. The van der Waals surface area contributed by atoms with Crippen molar-refractivity contribution in [3.63, 3.8) is 0 Å². The average molecular weight is 293 g/mol. The molecule has 1 fully saturated rings. The molecule has 0 aliphatic carbocycles. The van der Waals surface area contributed by atoms with E-state index in [9.17, 15) is 19.7 Å². The first-order valence-electron chi connectivity index (χ1n) is 6.34. The zero-order valence-electron chi connectivity index (χ0n) is 11.3. The number of rotatable bonds is 4. The van der Waals surface area contributed by atoms with Gasteiger partial charge in [-0.25, -0.2) is 0 Å². The van der Waals surface area contributed by atoms with Crippen LogP contribution in [0.15, 0.2) is 18.2 Å². The zero-order chi connectivity index (χ0) is 15.6. The number of imide groups is 1. The molecule has 1 aromatic carbocycles. The summed E-state index contributed by atoms with van der Waals surface area (Å²) in [5, 5.41) is 13.5. The molecule has 9 heteroatoms.